The highest BCUT2D eigenvalue weighted by atomic mass is 79.9. The van der Waals surface area contributed by atoms with Crippen molar-refractivity contribution in [1.29, 1.82) is 0 Å². The number of benzene rings is 1. The van der Waals surface area contributed by atoms with Gasteiger partial charge < -0.3 is 10.2 Å². The molecule has 0 bridgehead atoms. The summed E-state index contributed by atoms with van der Waals surface area (Å²) in [7, 11) is 0. The molecule has 1 atom stereocenters. The van der Waals surface area contributed by atoms with Crippen molar-refractivity contribution < 1.29 is 0 Å². The van der Waals surface area contributed by atoms with Crippen LogP contribution in [0.3, 0.4) is 0 Å². The summed E-state index contributed by atoms with van der Waals surface area (Å²) < 4.78 is 1.04. The molecule has 2 fully saturated rings. The van der Waals surface area contributed by atoms with Gasteiger partial charge in [-0.15, -0.1) is 0 Å². The van der Waals surface area contributed by atoms with Crippen LogP contribution in [0.25, 0.3) is 10.9 Å². The van der Waals surface area contributed by atoms with E-state index in [4.69, 9.17) is 0 Å². The lowest BCUT2D eigenvalue weighted by Gasteiger charge is -2.43. The Labute approximate surface area is 133 Å². The average molecular weight is 346 g/mol. The Morgan fingerprint density at radius 2 is 2.24 bits per heavy atom. The number of rotatable bonds is 2. The van der Waals surface area contributed by atoms with E-state index in [9.17, 15) is 0 Å². The summed E-state index contributed by atoms with van der Waals surface area (Å²) in [5, 5.41) is 4.95. The summed E-state index contributed by atoms with van der Waals surface area (Å²) in [6.07, 6.45) is 4.64. The number of hydrogen-bond acceptors (Lipinski definition) is 3. The van der Waals surface area contributed by atoms with Gasteiger partial charge in [-0.05, 0) is 53.7 Å². The van der Waals surface area contributed by atoms with E-state index >= 15 is 0 Å². The van der Waals surface area contributed by atoms with Crippen molar-refractivity contribution in [1.82, 2.24) is 10.3 Å². The first-order chi connectivity index (χ1) is 10.2. The molecule has 1 aromatic carbocycles. The maximum Gasteiger partial charge on any atom is 0.0936 e. The molecule has 0 amide bonds. The Kier molecular flexibility index (Phi) is 3.19. The Morgan fingerprint density at radius 1 is 1.38 bits per heavy atom. The lowest BCUT2D eigenvalue weighted by molar-refractivity contribution is 0.285. The Bertz CT molecular complexity index is 683. The van der Waals surface area contributed by atoms with Gasteiger partial charge >= 0.3 is 0 Å². The van der Waals surface area contributed by atoms with Gasteiger partial charge in [0, 0.05) is 41.2 Å². The van der Waals surface area contributed by atoms with Crippen molar-refractivity contribution in [2.24, 2.45) is 5.92 Å². The minimum atomic E-state index is 0.260. The number of piperazine rings is 1. The van der Waals surface area contributed by atoms with Crippen molar-refractivity contribution in [3.63, 3.8) is 0 Å². The maximum atomic E-state index is 4.66. The standard InChI is InChI=1S/C17H20BrN3/c1-17(13-5-6-13)11-21(8-7-20-17)15-4-2-3-12-9-14(18)10-19-16(12)15/h2-4,9-10,13,20H,5-8,11H2,1H3. The fourth-order valence-corrected chi connectivity index (χ4v) is 3.93. The van der Waals surface area contributed by atoms with E-state index in [0.29, 0.717) is 0 Å². The fourth-order valence-electron chi connectivity index (χ4n) is 3.58. The summed E-state index contributed by atoms with van der Waals surface area (Å²) in [5.74, 6) is 0.845. The van der Waals surface area contributed by atoms with E-state index in [0.717, 1.165) is 35.5 Å². The van der Waals surface area contributed by atoms with Gasteiger partial charge in [0.15, 0.2) is 0 Å². The van der Waals surface area contributed by atoms with Crippen LogP contribution in [0.4, 0.5) is 5.69 Å². The first-order valence-corrected chi connectivity index (χ1v) is 8.49. The number of anilines is 1. The SMILES string of the molecule is CC1(C2CC2)CN(c2cccc3cc(Br)cnc23)CCN1. The van der Waals surface area contributed by atoms with Gasteiger partial charge in [0.05, 0.1) is 11.2 Å². The summed E-state index contributed by atoms with van der Waals surface area (Å²) in [5.41, 5.74) is 2.64. The van der Waals surface area contributed by atoms with Gasteiger partial charge in [-0.2, -0.15) is 0 Å². The molecule has 2 aliphatic rings. The summed E-state index contributed by atoms with van der Waals surface area (Å²) in [6.45, 7) is 5.57. The molecule has 1 saturated carbocycles. The minimum Gasteiger partial charge on any atom is -0.367 e. The summed E-state index contributed by atoms with van der Waals surface area (Å²) >= 11 is 3.51. The second-order valence-electron chi connectivity index (χ2n) is 6.54. The highest BCUT2D eigenvalue weighted by Crippen LogP contribution is 2.41. The van der Waals surface area contributed by atoms with Crippen molar-refractivity contribution in [2.45, 2.75) is 25.3 Å². The van der Waals surface area contributed by atoms with Crippen LogP contribution in [0, 0.1) is 5.92 Å². The third-order valence-corrected chi connectivity index (χ3v) is 5.34. The van der Waals surface area contributed by atoms with Gasteiger partial charge in [0.25, 0.3) is 0 Å². The number of pyridine rings is 1. The fraction of sp³-hybridized carbons (Fsp3) is 0.471. The van der Waals surface area contributed by atoms with Gasteiger partial charge in [0.2, 0.25) is 0 Å². The molecule has 21 heavy (non-hydrogen) atoms. The van der Waals surface area contributed by atoms with E-state index < -0.39 is 0 Å². The zero-order chi connectivity index (χ0) is 14.4. The largest absolute Gasteiger partial charge is 0.367 e. The third kappa shape index (κ3) is 2.44. The van der Waals surface area contributed by atoms with Crippen LogP contribution >= 0.6 is 15.9 Å². The second kappa shape index (κ2) is 4.96. The molecule has 1 saturated heterocycles. The molecule has 4 heteroatoms. The molecule has 1 aliphatic heterocycles. The van der Waals surface area contributed by atoms with E-state index in [1.807, 2.05) is 6.20 Å². The second-order valence-corrected chi connectivity index (χ2v) is 7.46. The van der Waals surface area contributed by atoms with Crippen molar-refractivity contribution in [3.8, 4) is 0 Å². The molecule has 1 aromatic heterocycles. The predicted molar refractivity (Wildman–Crippen MR) is 90.8 cm³/mol. The van der Waals surface area contributed by atoms with E-state index in [-0.39, 0.29) is 5.54 Å². The molecular formula is C17H20BrN3. The predicted octanol–water partition coefficient (Wildman–Crippen LogP) is 3.58. The molecule has 2 heterocycles. The Hall–Kier alpha value is -1.13. The highest BCUT2D eigenvalue weighted by molar-refractivity contribution is 9.10. The number of halogens is 1. The zero-order valence-corrected chi connectivity index (χ0v) is 13.9. The van der Waals surface area contributed by atoms with Crippen LogP contribution in [0.5, 0.6) is 0 Å². The molecule has 3 nitrogen and oxygen atoms in total. The molecule has 1 unspecified atom stereocenters. The monoisotopic (exact) mass is 345 g/mol. The van der Waals surface area contributed by atoms with Crippen molar-refractivity contribution in [3.05, 3.63) is 34.9 Å². The van der Waals surface area contributed by atoms with Gasteiger partial charge in [-0.3, -0.25) is 4.98 Å². The van der Waals surface area contributed by atoms with Crippen LogP contribution in [-0.2, 0) is 0 Å². The topological polar surface area (TPSA) is 28.2 Å². The Balaban J connectivity index is 1.72. The highest BCUT2D eigenvalue weighted by Gasteiger charge is 2.44. The lowest BCUT2D eigenvalue weighted by atomic mass is 9.92. The third-order valence-electron chi connectivity index (χ3n) is 4.91. The number of fused-ring (bicyclic) bond motifs is 1. The van der Waals surface area contributed by atoms with E-state index in [1.165, 1.54) is 23.9 Å². The molecule has 4 rings (SSSR count). The summed E-state index contributed by atoms with van der Waals surface area (Å²) in [6, 6.07) is 8.64. The number of hydrogen-bond donors (Lipinski definition) is 1. The quantitative estimate of drug-likeness (QED) is 0.901. The average Bonchev–Trinajstić information content (AvgIpc) is 3.31. The molecule has 1 aliphatic carbocycles. The Morgan fingerprint density at radius 3 is 3.05 bits per heavy atom. The maximum absolute atomic E-state index is 4.66. The first kappa shape index (κ1) is 13.5. The van der Waals surface area contributed by atoms with E-state index in [1.54, 1.807) is 0 Å². The molecular weight excluding hydrogens is 326 g/mol. The summed E-state index contributed by atoms with van der Waals surface area (Å²) in [4.78, 5) is 7.17. The molecule has 0 spiro atoms. The van der Waals surface area contributed by atoms with E-state index in [2.05, 4.69) is 62.3 Å². The molecule has 2 aromatic rings. The van der Waals surface area contributed by atoms with Crippen molar-refractivity contribution >= 4 is 32.5 Å². The smallest absolute Gasteiger partial charge is 0.0936 e. The number of aromatic nitrogens is 1. The molecule has 0 radical (unpaired) electrons. The number of nitrogens with zero attached hydrogens (tertiary/aromatic N) is 2. The van der Waals surface area contributed by atoms with Crippen LogP contribution in [-0.4, -0.2) is 30.2 Å². The van der Waals surface area contributed by atoms with Gasteiger partial charge in [-0.25, -0.2) is 0 Å². The first-order valence-electron chi connectivity index (χ1n) is 7.70. The van der Waals surface area contributed by atoms with Crippen LogP contribution < -0.4 is 10.2 Å². The zero-order valence-electron chi connectivity index (χ0n) is 12.3. The normalized spacial score (nSPS) is 26.3. The van der Waals surface area contributed by atoms with Gasteiger partial charge in [0.1, 0.15) is 0 Å². The minimum absolute atomic E-state index is 0.260. The van der Waals surface area contributed by atoms with Gasteiger partial charge in [-0.1, -0.05) is 12.1 Å². The number of para-hydroxylation sites is 1. The van der Waals surface area contributed by atoms with Crippen LogP contribution in [0.15, 0.2) is 34.9 Å². The van der Waals surface area contributed by atoms with Crippen LogP contribution in [0.2, 0.25) is 0 Å². The molecule has 110 valence electrons. The lowest BCUT2D eigenvalue weighted by Crippen LogP contribution is -2.60. The van der Waals surface area contributed by atoms with Crippen molar-refractivity contribution in [2.75, 3.05) is 24.5 Å². The number of nitrogens with one attached hydrogen (secondary N) is 1. The van der Waals surface area contributed by atoms with Crippen LogP contribution in [0.1, 0.15) is 19.8 Å². The molecule has 1 N–H and O–H groups in total.